The van der Waals surface area contributed by atoms with E-state index in [2.05, 4.69) is 10.4 Å². The summed E-state index contributed by atoms with van der Waals surface area (Å²) in [6, 6.07) is 6.79. The third-order valence-corrected chi connectivity index (χ3v) is 3.89. The zero-order valence-electron chi connectivity index (χ0n) is 13.7. The Morgan fingerprint density at radius 1 is 1.38 bits per heavy atom. The largest absolute Gasteiger partial charge is 0.481 e. The van der Waals surface area contributed by atoms with Crippen molar-refractivity contribution < 1.29 is 14.7 Å². The van der Waals surface area contributed by atoms with E-state index in [9.17, 15) is 9.59 Å². The average molecular weight is 351 g/mol. The molecule has 2 N–H and O–H groups in total. The number of nitrogens with zero attached hydrogens (tertiary/aromatic N) is 3. The zero-order chi connectivity index (χ0) is 17.9. The standard InChI is InChI=1S/C16H19ClN4O3/c1-10(15(22)23)9-20(3)16(24)19-14-8-18-21(11(14)2)13-6-4-12(17)5-7-13/h4-8,10H,9H2,1-3H3,(H,19,24)(H,22,23). The maximum Gasteiger partial charge on any atom is 0.321 e. The number of carbonyl (C=O) groups excluding carboxylic acids is 1. The SMILES string of the molecule is Cc1c(NC(=O)N(C)CC(C)C(=O)O)cnn1-c1ccc(Cl)cc1. The lowest BCUT2D eigenvalue weighted by Gasteiger charge is -2.19. The molecule has 1 aromatic carbocycles. The lowest BCUT2D eigenvalue weighted by Crippen LogP contribution is -2.36. The van der Waals surface area contributed by atoms with Crippen molar-refractivity contribution >= 4 is 29.3 Å². The molecule has 0 aliphatic heterocycles. The highest BCUT2D eigenvalue weighted by Gasteiger charge is 2.19. The molecule has 0 bridgehead atoms. The van der Waals surface area contributed by atoms with Gasteiger partial charge in [0, 0.05) is 18.6 Å². The van der Waals surface area contributed by atoms with Crippen LogP contribution in [0.4, 0.5) is 10.5 Å². The molecule has 0 aliphatic rings. The number of carboxylic acid groups (broad SMARTS) is 1. The molecular formula is C16H19ClN4O3. The van der Waals surface area contributed by atoms with E-state index in [4.69, 9.17) is 16.7 Å². The number of hydrogen-bond acceptors (Lipinski definition) is 3. The number of carboxylic acids is 1. The van der Waals surface area contributed by atoms with Crippen LogP contribution >= 0.6 is 11.6 Å². The molecule has 0 radical (unpaired) electrons. The molecule has 2 amide bonds. The molecule has 1 heterocycles. The fourth-order valence-corrected chi connectivity index (χ4v) is 2.28. The fraction of sp³-hybridized carbons (Fsp3) is 0.312. The summed E-state index contributed by atoms with van der Waals surface area (Å²) in [6.07, 6.45) is 1.55. The van der Waals surface area contributed by atoms with Gasteiger partial charge in [-0.3, -0.25) is 4.79 Å². The van der Waals surface area contributed by atoms with E-state index >= 15 is 0 Å². The summed E-state index contributed by atoms with van der Waals surface area (Å²) in [7, 11) is 1.55. The molecule has 2 rings (SSSR count). The van der Waals surface area contributed by atoms with Crippen LogP contribution in [0.3, 0.4) is 0 Å². The molecule has 0 fully saturated rings. The molecule has 1 atom stereocenters. The highest BCUT2D eigenvalue weighted by Crippen LogP contribution is 2.20. The second kappa shape index (κ2) is 7.35. The molecule has 0 spiro atoms. The molecule has 0 saturated heterocycles. The number of aromatic nitrogens is 2. The number of benzene rings is 1. The van der Waals surface area contributed by atoms with Gasteiger partial charge in [0.05, 0.1) is 29.2 Å². The predicted octanol–water partition coefficient (Wildman–Crippen LogP) is 3.02. The Labute approximate surface area is 144 Å². The van der Waals surface area contributed by atoms with Gasteiger partial charge in [-0.15, -0.1) is 0 Å². The first kappa shape index (κ1) is 17.8. The molecule has 8 heteroatoms. The number of rotatable bonds is 5. The lowest BCUT2D eigenvalue weighted by atomic mass is 10.2. The van der Waals surface area contributed by atoms with Crippen molar-refractivity contribution in [3.8, 4) is 5.69 Å². The second-order valence-electron chi connectivity index (χ2n) is 5.58. The number of anilines is 1. The Balaban J connectivity index is 2.09. The van der Waals surface area contributed by atoms with Gasteiger partial charge >= 0.3 is 12.0 Å². The molecule has 2 aromatic rings. The van der Waals surface area contributed by atoms with Gasteiger partial charge in [0.2, 0.25) is 0 Å². The third-order valence-electron chi connectivity index (χ3n) is 3.64. The van der Waals surface area contributed by atoms with Crippen LogP contribution in [0.2, 0.25) is 5.02 Å². The first-order valence-corrected chi connectivity index (χ1v) is 7.73. The van der Waals surface area contributed by atoms with E-state index in [0.717, 1.165) is 11.4 Å². The van der Waals surface area contributed by atoms with Crippen LogP contribution in [0.1, 0.15) is 12.6 Å². The smallest absolute Gasteiger partial charge is 0.321 e. The fourth-order valence-electron chi connectivity index (χ4n) is 2.16. The number of aliphatic carboxylic acids is 1. The Bertz CT molecular complexity index is 742. The van der Waals surface area contributed by atoms with Crippen LogP contribution in [0.15, 0.2) is 30.5 Å². The summed E-state index contributed by atoms with van der Waals surface area (Å²) >= 11 is 5.88. The minimum Gasteiger partial charge on any atom is -0.481 e. The van der Waals surface area contributed by atoms with Crippen LogP contribution in [0.5, 0.6) is 0 Å². The van der Waals surface area contributed by atoms with Crippen LogP contribution in [-0.2, 0) is 4.79 Å². The maximum atomic E-state index is 12.2. The van der Waals surface area contributed by atoms with Gasteiger partial charge in [0.15, 0.2) is 0 Å². The van der Waals surface area contributed by atoms with Crippen molar-refractivity contribution in [1.82, 2.24) is 14.7 Å². The normalized spacial score (nSPS) is 11.8. The Kier molecular flexibility index (Phi) is 5.46. The molecule has 128 valence electrons. The lowest BCUT2D eigenvalue weighted by molar-refractivity contribution is -0.141. The Morgan fingerprint density at radius 2 is 2.00 bits per heavy atom. The van der Waals surface area contributed by atoms with Crippen molar-refractivity contribution in [3.63, 3.8) is 0 Å². The minimum atomic E-state index is -0.943. The monoisotopic (exact) mass is 350 g/mol. The molecule has 0 saturated carbocycles. The van der Waals surface area contributed by atoms with Crippen LogP contribution < -0.4 is 5.32 Å². The highest BCUT2D eigenvalue weighted by molar-refractivity contribution is 6.30. The third kappa shape index (κ3) is 4.05. The van der Waals surface area contributed by atoms with Crippen molar-refractivity contribution in [2.75, 3.05) is 18.9 Å². The number of halogens is 1. The number of carbonyl (C=O) groups is 2. The number of hydrogen-bond donors (Lipinski definition) is 2. The summed E-state index contributed by atoms with van der Waals surface area (Å²) in [5.74, 6) is -1.58. The summed E-state index contributed by atoms with van der Waals surface area (Å²) in [5.41, 5.74) is 2.14. The minimum absolute atomic E-state index is 0.117. The summed E-state index contributed by atoms with van der Waals surface area (Å²) in [6.45, 7) is 3.50. The van der Waals surface area contributed by atoms with Crippen molar-refractivity contribution in [2.45, 2.75) is 13.8 Å². The zero-order valence-corrected chi connectivity index (χ0v) is 14.4. The number of urea groups is 1. The Hall–Kier alpha value is -2.54. The van der Waals surface area contributed by atoms with E-state index in [-0.39, 0.29) is 12.6 Å². The molecule has 1 aromatic heterocycles. The van der Waals surface area contributed by atoms with Gasteiger partial charge in [0.25, 0.3) is 0 Å². The first-order valence-electron chi connectivity index (χ1n) is 7.35. The highest BCUT2D eigenvalue weighted by atomic mass is 35.5. The first-order chi connectivity index (χ1) is 11.3. The summed E-state index contributed by atoms with van der Waals surface area (Å²) in [4.78, 5) is 24.4. The van der Waals surface area contributed by atoms with Crippen molar-refractivity contribution in [2.24, 2.45) is 5.92 Å². The molecule has 1 unspecified atom stereocenters. The molecular weight excluding hydrogens is 332 g/mol. The van der Waals surface area contributed by atoms with Gasteiger partial charge < -0.3 is 15.3 Å². The topological polar surface area (TPSA) is 87.5 Å². The predicted molar refractivity (Wildman–Crippen MR) is 91.8 cm³/mol. The second-order valence-corrected chi connectivity index (χ2v) is 6.02. The van der Waals surface area contributed by atoms with Gasteiger partial charge in [0.1, 0.15) is 0 Å². The van der Waals surface area contributed by atoms with E-state index in [1.807, 2.05) is 19.1 Å². The van der Waals surface area contributed by atoms with E-state index in [1.165, 1.54) is 4.90 Å². The summed E-state index contributed by atoms with van der Waals surface area (Å²) < 4.78 is 1.69. The summed E-state index contributed by atoms with van der Waals surface area (Å²) in [5, 5.41) is 16.5. The Morgan fingerprint density at radius 3 is 2.58 bits per heavy atom. The maximum absolute atomic E-state index is 12.2. The van der Waals surface area contributed by atoms with E-state index in [0.29, 0.717) is 10.7 Å². The van der Waals surface area contributed by atoms with Crippen LogP contribution in [0.25, 0.3) is 5.69 Å². The van der Waals surface area contributed by atoms with Gasteiger partial charge in [-0.1, -0.05) is 18.5 Å². The quantitative estimate of drug-likeness (QED) is 0.867. The van der Waals surface area contributed by atoms with E-state index < -0.39 is 11.9 Å². The van der Waals surface area contributed by atoms with Crippen LogP contribution in [-0.4, -0.2) is 45.4 Å². The van der Waals surface area contributed by atoms with Gasteiger partial charge in [-0.2, -0.15) is 5.10 Å². The van der Waals surface area contributed by atoms with E-state index in [1.54, 1.807) is 37.0 Å². The molecule has 0 aliphatic carbocycles. The van der Waals surface area contributed by atoms with Gasteiger partial charge in [-0.25, -0.2) is 9.48 Å². The van der Waals surface area contributed by atoms with Crippen molar-refractivity contribution in [3.05, 3.63) is 41.2 Å². The average Bonchev–Trinajstić information content (AvgIpc) is 2.89. The number of nitrogens with one attached hydrogen (secondary N) is 1. The number of amides is 2. The molecule has 24 heavy (non-hydrogen) atoms. The molecule has 7 nitrogen and oxygen atoms in total. The van der Waals surface area contributed by atoms with Gasteiger partial charge in [-0.05, 0) is 31.2 Å². The van der Waals surface area contributed by atoms with Crippen LogP contribution in [0, 0.1) is 12.8 Å². The van der Waals surface area contributed by atoms with Crippen molar-refractivity contribution in [1.29, 1.82) is 0 Å².